The summed E-state index contributed by atoms with van der Waals surface area (Å²) >= 11 is 0. The van der Waals surface area contributed by atoms with Gasteiger partial charge in [-0.25, -0.2) is 0 Å². The van der Waals surface area contributed by atoms with Gasteiger partial charge in [-0.2, -0.15) is 0 Å². The molecule has 6 heteroatoms. The van der Waals surface area contributed by atoms with Gasteiger partial charge >= 0.3 is 0 Å². The molecule has 0 saturated carbocycles. The minimum Gasteiger partial charge on any atom is -0.378 e. The van der Waals surface area contributed by atoms with Crippen LogP contribution in [-0.4, -0.2) is 67.6 Å². The lowest BCUT2D eigenvalue weighted by Crippen LogP contribution is -2.48. The number of benzene rings is 1. The number of morpholine rings is 1. The first-order chi connectivity index (χ1) is 11.3. The van der Waals surface area contributed by atoms with Gasteiger partial charge in [0.25, 0.3) is 0 Å². The molecule has 2 aliphatic rings. The molecular formula is C17H23N3O3. The lowest BCUT2D eigenvalue weighted by molar-refractivity contribution is -0.141. The Kier molecular flexibility index (Phi) is 5.25. The standard InChI is InChI=1S/C17H23N3O3/c21-15-6-8-19(9-7-18-15)16(14-4-2-1-3-5-14)17(22)20-10-12-23-13-11-20/h1-5,16H,6-13H2,(H,18,21)/t16-/m1/s1. The molecule has 2 fully saturated rings. The van der Waals surface area contributed by atoms with Gasteiger partial charge in [-0.3, -0.25) is 14.5 Å². The van der Waals surface area contributed by atoms with E-state index >= 15 is 0 Å². The van der Waals surface area contributed by atoms with Gasteiger partial charge in [0.15, 0.2) is 0 Å². The van der Waals surface area contributed by atoms with Crippen LogP contribution in [0.4, 0.5) is 0 Å². The molecule has 0 radical (unpaired) electrons. The average molecular weight is 317 g/mol. The number of nitrogens with one attached hydrogen (secondary N) is 1. The molecule has 6 nitrogen and oxygen atoms in total. The van der Waals surface area contributed by atoms with Gasteiger partial charge < -0.3 is 15.0 Å². The Hall–Kier alpha value is -1.92. The Balaban J connectivity index is 1.84. The van der Waals surface area contributed by atoms with Crippen LogP contribution in [0.15, 0.2) is 30.3 Å². The van der Waals surface area contributed by atoms with Crippen LogP contribution in [-0.2, 0) is 14.3 Å². The zero-order chi connectivity index (χ0) is 16.1. The van der Waals surface area contributed by atoms with Crippen molar-refractivity contribution in [2.45, 2.75) is 12.5 Å². The lowest BCUT2D eigenvalue weighted by atomic mass is 10.0. The topological polar surface area (TPSA) is 61.9 Å². The normalized spacial score (nSPS) is 21.4. The van der Waals surface area contributed by atoms with Crippen LogP contribution in [0.2, 0.25) is 0 Å². The largest absolute Gasteiger partial charge is 0.378 e. The summed E-state index contributed by atoms with van der Waals surface area (Å²) in [6, 6.07) is 9.51. The summed E-state index contributed by atoms with van der Waals surface area (Å²) in [5.41, 5.74) is 0.985. The highest BCUT2D eigenvalue weighted by Crippen LogP contribution is 2.24. The van der Waals surface area contributed by atoms with E-state index in [0.717, 1.165) is 5.56 Å². The molecule has 1 N–H and O–H groups in total. The summed E-state index contributed by atoms with van der Waals surface area (Å²) in [6.07, 6.45) is 0.430. The quantitative estimate of drug-likeness (QED) is 0.877. The molecule has 2 aliphatic heterocycles. The molecule has 23 heavy (non-hydrogen) atoms. The van der Waals surface area contributed by atoms with E-state index in [9.17, 15) is 9.59 Å². The monoisotopic (exact) mass is 317 g/mol. The van der Waals surface area contributed by atoms with E-state index < -0.39 is 0 Å². The predicted octanol–water partition coefficient (Wildman–Crippen LogP) is 0.408. The van der Waals surface area contributed by atoms with Crippen molar-refractivity contribution >= 4 is 11.8 Å². The highest BCUT2D eigenvalue weighted by atomic mass is 16.5. The Morgan fingerprint density at radius 1 is 1.09 bits per heavy atom. The van der Waals surface area contributed by atoms with E-state index in [1.165, 1.54) is 0 Å². The summed E-state index contributed by atoms with van der Waals surface area (Å²) in [7, 11) is 0. The van der Waals surface area contributed by atoms with Crippen molar-refractivity contribution < 1.29 is 14.3 Å². The second-order valence-electron chi connectivity index (χ2n) is 5.89. The second-order valence-corrected chi connectivity index (χ2v) is 5.89. The second kappa shape index (κ2) is 7.57. The number of hydrogen-bond acceptors (Lipinski definition) is 4. The van der Waals surface area contributed by atoms with E-state index in [-0.39, 0.29) is 17.9 Å². The van der Waals surface area contributed by atoms with Crippen molar-refractivity contribution in [3.63, 3.8) is 0 Å². The molecule has 2 heterocycles. The van der Waals surface area contributed by atoms with Gasteiger partial charge in [0, 0.05) is 39.1 Å². The molecular weight excluding hydrogens is 294 g/mol. The Labute approximate surface area is 136 Å². The minimum atomic E-state index is -0.331. The molecule has 3 rings (SSSR count). The molecule has 2 amide bonds. The third kappa shape index (κ3) is 3.89. The van der Waals surface area contributed by atoms with Crippen LogP contribution < -0.4 is 5.32 Å². The number of carbonyl (C=O) groups excluding carboxylic acids is 2. The van der Waals surface area contributed by atoms with Crippen LogP contribution in [0.1, 0.15) is 18.0 Å². The third-order valence-corrected chi connectivity index (χ3v) is 4.38. The van der Waals surface area contributed by atoms with Gasteiger partial charge in [0.1, 0.15) is 6.04 Å². The van der Waals surface area contributed by atoms with Crippen LogP contribution in [0.25, 0.3) is 0 Å². The number of hydrogen-bond donors (Lipinski definition) is 1. The highest BCUT2D eigenvalue weighted by Gasteiger charge is 2.32. The van der Waals surface area contributed by atoms with E-state index in [2.05, 4.69) is 10.2 Å². The van der Waals surface area contributed by atoms with Gasteiger partial charge in [0.05, 0.1) is 13.2 Å². The van der Waals surface area contributed by atoms with Crippen molar-refractivity contribution in [1.82, 2.24) is 15.1 Å². The summed E-state index contributed by atoms with van der Waals surface area (Å²) in [5.74, 6) is 0.159. The molecule has 1 atom stereocenters. The first-order valence-corrected chi connectivity index (χ1v) is 8.18. The van der Waals surface area contributed by atoms with Crippen molar-refractivity contribution in [3.05, 3.63) is 35.9 Å². The fraction of sp³-hybridized carbons (Fsp3) is 0.529. The smallest absolute Gasteiger partial charge is 0.244 e. The van der Waals surface area contributed by atoms with Crippen molar-refractivity contribution in [2.24, 2.45) is 0 Å². The minimum absolute atomic E-state index is 0.0538. The SMILES string of the molecule is O=C1CCN([C@@H](C(=O)N2CCOCC2)c2ccccc2)CCN1. The fourth-order valence-corrected chi connectivity index (χ4v) is 3.14. The summed E-state index contributed by atoms with van der Waals surface area (Å²) in [4.78, 5) is 28.7. The van der Waals surface area contributed by atoms with Crippen LogP contribution in [0.3, 0.4) is 0 Å². The maximum Gasteiger partial charge on any atom is 0.244 e. The Morgan fingerprint density at radius 2 is 1.83 bits per heavy atom. The van der Waals surface area contributed by atoms with Gasteiger partial charge in [-0.15, -0.1) is 0 Å². The first kappa shape index (κ1) is 16.0. The van der Waals surface area contributed by atoms with Crippen LogP contribution >= 0.6 is 0 Å². The average Bonchev–Trinajstić information content (AvgIpc) is 2.82. The Morgan fingerprint density at radius 3 is 2.57 bits per heavy atom. The predicted molar refractivity (Wildman–Crippen MR) is 85.8 cm³/mol. The summed E-state index contributed by atoms with van der Waals surface area (Å²) in [6.45, 7) is 4.31. The molecule has 0 spiro atoms. The molecule has 0 bridgehead atoms. The third-order valence-electron chi connectivity index (χ3n) is 4.38. The molecule has 2 saturated heterocycles. The van der Waals surface area contributed by atoms with Gasteiger partial charge in [-0.05, 0) is 5.56 Å². The van der Waals surface area contributed by atoms with Crippen LogP contribution in [0.5, 0.6) is 0 Å². The maximum atomic E-state index is 13.1. The van der Waals surface area contributed by atoms with Crippen molar-refractivity contribution in [1.29, 1.82) is 0 Å². The molecule has 0 aromatic heterocycles. The Bertz CT molecular complexity index is 543. The fourth-order valence-electron chi connectivity index (χ4n) is 3.14. The van der Waals surface area contributed by atoms with Crippen molar-refractivity contribution in [2.75, 3.05) is 45.9 Å². The van der Waals surface area contributed by atoms with E-state index in [1.807, 2.05) is 35.2 Å². The zero-order valence-electron chi connectivity index (χ0n) is 13.2. The molecule has 124 valence electrons. The summed E-state index contributed by atoms with van der Waals surface area (Å²) < 4.78 is 5.35. The number of nitrogens with zero attached hydrogens (tertiary/aromatic N) is 2. The van der Waals surface area contributed by atoms with E-state index in [0.29, 0.717) is 52.4 Å². The molecule has 1 aromatic rings. The van der Waals surface area contributed by atoms with E-state index in [1.54, 1.807) is 0 Å². The molecule has 0 unspecified atom stereocenters. The summed E-state index contributed by atoms with van der Waals surface area (Å²) in [5, 5.41) is 2.87. The number of ether oxygens (including phenoxy) is 1. The first-order valence-electron chi connectivity index (χ1n) is 8.18. The molecule has 0 aliphatic carbocycles. The highest BCUT2D eigenvalue weighted by molar-refractivity contribution is 5.84. The van der Waals surface area contributed by atoms with Crippen LogP contribution in [0, 0.1) is 0 Å². The van der Waals surface area contributed by atoms with Gasteiger partial charge in [-0.1, -0.05) is 30.3 Å². The van der Waals surface area contributed by atoms with E-state index in [4.69, 9.17) is 4.74 Å². The lowest BCUT2D eigenvalue weighted by Gasteiger charge is -2.35. The maximum absolute atomic E-state index is 13.1. The number of carbonyl (C=O) groups is 2. The number of amides is 2. The zero-order valence-corrected chi connectivity index (χ0v) is 13.2. The molecule has 1 aromatic carbocycles. The van der Waals surface area contributed by atoms with Crippen molar-refractivity contribution in [3.8, 4) is 0 Å². The number of rotatable bonds is 3. The van der Waals surface area contributed by atoms with Gasteiger partial charge in [0.2, 0.25) is 11.8 Å².